The van der Waals surface area contributed by atoms with Crippen molar-refractivity contribution in [2.24, 2.45) is 0 Å². The maximum atomic E-state index is 11.8. The molecule has 0 spiro atoms. The van der Waals surface area contributed by atoms with Crippen molar-refractivity contribution in [3.05, 3.63) is 23.9 Å². The third kappa shape index (κ3) is 5.40. The van der Waals surface area contributed by atoms with Crippen LogP contribution < -0.4 is 5.32 Å². The summed E-state index contributed by atoms with van der Waals surface area (Å²) in [5, 5.41) is 3.02. The summed E-state index contributed by atoms with van der Waals surface area (Å²) in [4.78, 5) is 4.26. The van der Waals surface area contributed by atoms with Crippen LogP contribution >= 0.6 is 0 Å². The topological polar surface area (TPSA) is 34.1 Å². The molecule has 1 aromatic heterocycles. The van der Waals surface area contributed by atoms with E-state index in [4.69, 9.17) is 4.74 Å². The van der Waals surface area contributed by atoms with Gasteiger partial charge in [0.05, 0.1) is 6.61 Å². The molecule has 0 aliphatic heterocycles. The zero-order valence-corrected chi connectivity index (χ0v) is 11.0. The lowest BCUT2D eigenvalue weighted by Gasteiger charge is -2.18. The van der Waals surface area contributed by atoms with Gasteiger partial charge in [-0.25, -0.2) is 13.8 Å². The molecule has 0 aliphatic carbocycles. The van der Waals surface area contributed by atoms with E-state index in [0.29, 0.717) is 6.54 Å². The highest BCUT2D eigenvalue weighted by Crippen LogP contribution is 2.21. The quantitative estimate of drug-likeness (QED) is 0.796. The van der Waals surface area contributed by atoms with Crippen LogP contribution in [0.3, 0.4) is 0 Å². The van der Waals surface area contributed by atoms with E-state index in [1.807, 2.05) is 18.3 Å². The molecule has 3 nitrogen and oxygen atoms in total. The molecule has 0 aliphatic rings. The SMILES string of the molecule is CC(C)(C)c1ccc(NCCOCC(F)F)nc1. The molecule has 0 saturated carbocycles. The molecule has 1 heterocycles. The van der Waals surface area contributed by atoms with Crippen molar-refractivity contribution in [2.45, 2.75) is 32.6 Å². The van der Waals surface area contributed by atoms with Gasteiger partial charge in [0.25, 0.3) is 6.43 Å². The predicted molar refractivity (Wildman–Crippen MR) is 68.2 cm³/mol. The summed E-state index contributed by atoms with van der Waals surface area (Å²) >= 11 is 0. The number of nitrogens with one attached hydrogen (secondary N) is 1. The zero-order chi connectivity index (χ0) is 13.6. The highest BCUT2D eigenvalue weighted by molar-refractivity contribution is 5.36. The van der Waals surface area contributed by atoms with Crippen LogP contribution in [0.15, 0.2) is 18.3 Å². The molecule has 0 atom stereocenters. The summed E-state index contributed by atoms with van der Waals surface area (Å²) in [6.45, 7) is 6.56. The smallest absolute Gasteiger partial charge is 0.261 e. The molecule has 1 N–H and O–H groups in total. The Morgan fingerprint density at radius 2 is 2.06 bits per heavy atom. The molecule has 0 bridgehead atoms. The Hall–Kier alpha value is -1.23. The van der Waals surface area contributed by atoms with Crippen LogP contribution in [0.1, 0.15) is 26.3 Å². The minimum absolute atomic E-state index is 0.0753. The third-order valence-electron chi connectivity index (χ3n) is 2.43. The highest BCUT2D eigenvalue weighted by Gasteiger charge is 2.13. The molecule has 0 fully saturated rings. The molecular formula is C13H20F2N2O. The van der Waals surface area contributed by atoms with E-state index < -0.39 is 13.0 Å². The third-order valence-corrected chi connectivity index (χ3v) is 2.43. The largest absolute Gasteiger partial charge is 0.374 e. The fourth-order valence-electron chi connectivity index (χ4n) is 1.37. The average molecular weight is 258 g/mol. The number of hydrogen-bond donors (Lipinski definition) is 1. The lowest BCUT2D eigenvalue weighted by Crippen LogP contribution is -2.15. The maximum Gasteiger partial charge on any atom is 0.261 e. The van der Waals surface area contributed by atoms with Gasteiger partial charge in [-0.3, -0.25) is 0 Å². The van der Waals surface area contributed by atoms with E-state index in [0.717, 1.165) is 11.4 Å². The Labute approximate surface area is 107 Å². The fraction of sp³-hybridized carbons (Fsp3) is 0.615. The Morgan fingerprint density at radius 3 is 2.56 bits per heavy atom. The van der Waals surface area contributed by atoms with E-state index in [2.05, 4.69) is 31.1 Å². The molecule has 18 heavy (non-hydrogen) atoms. The summed E-state index contributed by atoms with van der Waals surface area (Å²) in [6.07, 6.45) is -0.586. The number of ether oxygens (including phenoxy) is 1. The van der Waals surface area contributed by atoms with Gasteiger partial charge in [0.2, 0.25) is 0 Å². The second-order valence-corrected chi connectivity index (χ2v) is 5.07. The van der Waals surface area contributed by atoms with Gasteiger partial charge in [-0.15, -0.1) is 0 Å². The van der Waals surface area contributed by atoms with Crippen molar-refractivity contribution in [2.75, 3.05) is 25.1 Å². The summed E-state index contributed by atoms with van der Waals surface area (Å²) in [7, 11) is 0. The lowest BCUT2D eigenvalue weighted by molar-refractivity contribution is 0.0215. The Morgan fingerprint density at radius 1 is 1.33 bits per heavy atom. The minimum atomic E-state index is -2.41. The number of alkyl halides is 2. The number of anilines is 1. The van der Waals surface area contributed by atoms with Crippen molar-refractivity contribution in [1.82, 2.24) is 4.98 Å². The summed E-state index contributed by atoms with van der Waals surface area (Å²) in [6, 6.07) is 3.89. The average Bonchev–Trinajstić information content (AvgIpc) is 2.27. The van der Waals surface area contributed by atoms with Gasteiger partial charge in [-0.05, 0) is 17.0 Å². The maximum absolute atomic E-state index is 11.8. The summed E-state index contributed by atoms with van der Waals surface area (Å²) < 4.78 is 28.3. The van der Waals surface area contributed by atoms with Gasteiger partial charge in [0.15, 0.2) is 0 Å². The number of nitrogens with zero attached hydrogens (tertiary/aromatic N) is 1. The second-order valence-electron chi connectivity index (χ2n) is 5.07. The van der Waals surface area contributed by atoms with E-state index >= 15 is 0 Å². The molecule has 0 unspecified atom stereocenters. The van der Waals surface area contributed by atoms with Crippen molar-refractivity contribution in [3.8, 4) is 0 Å². The molecule has 102 valence electrons. The second kappa shape index (κ2) is 6.64. The van der Waals surface area contributed by atoms with Crippen LogP contribution in [0.25, 0.3) is 0 Å². The molecule has 0 saturated heterocycles. The van der Waals surface area contributed by atoms with Gasteiger partial charge >= 0.3 is 0 Å². The van der Waals surface area contributed by atoms with Crippen LogP contribution in [-0.2, 0) is 10.2 Å². The molecule has 1 rings (SSSR count). The van der Waals surface area contributed by atoms with Crippen molar-refractivity contribution >= 4 is 5.82 Å². The normalized spacial score (nSPS) is 11.9. The Kier molecular flexibility index (Phi) is 5.47. The Bertz CT molecular complexity index is 347. The van der Waals surface area contributed by atoms with Gasteiger partial charge in [-0.1, -0.05) is 26.8 Å². The van der Waals surface area contributed by atoms with E-state index in [9.17, 15) is 8.78 Å². The summed E-state index contributed by atoms with van der Waals surface area (Å²) in [5.74, 6) is 0.726. The predicted octanol–water partition coefficient (Wildman–Crippen LogP) is 3.07. The van der Waals surface area contributed by atoms with Crippen LogP contribution in [0.5, 0.6) is 0 Å². The van der Waals surface area contributed by atoms with Gasteiger partial charge in [0.1, 0.15) is 12.4 Å². The molecule has 0 radical (unpaired) electrons. The Balaban J connectivity index is 2.31. The molecule has 5 heteroatoms. The first-order chi connectivity index (χ1) is 8.39. The first-order valence-electron chi connectivity index (χ1n) is 5.96. The number of pyridine rings is 1. The van der Waals surface area contributed by atoms with Gasteiger partial charge < -0.3 is 10.1 Å². The number of rotatable bonds is 6. The van der Waals surface area contributed by atoms with Crippen molar-refractivity contribution in [3.63, 3.8) is 0 Å². The van der Waals surface area contributed by atoms with Crippen LogP contribution in [0, 0.1) is 0 Å². The molecule has 1 aromatic rings. The first kappa shape index (κ1) is 14.8. The van der Waals surface area contributed by atoms with Gasteiger partial charge in [-0.2, -0.15) is 0 Å². The fourth-order valence-corrected chi connectivity index (χ4v) is 1.37. The van der Waals surface area contributed by atoms with Crippen LogP contribution in [0.2, 0.25) is 0 Å². The number of aromatic nitrogens is 1. The minimum Gasteiger partial charge on any atom is -0.374 e. The zero-order valence-electron chi connectivity index (χ0n) is 11.0. The number of halogens is 2. The standard InChI is InChI=1S/C13H20F2N2O/c1-13(2,3)10-4-5-12(17-8-10)16-6-7-18-9-11(14)15/h4-5,8,11H,6-7,9H2,1-3H3,(H,16,17). The number of hydrogen-bond acceptors (Lipinski definition) is 3. The molecule has 0 amide bonds. The highest BCUT2D eigenvalue weighted by atomic mass is 19.3. The molecular weight excluding hydrogens is 238 g/mol. The lowest BCUT2D eigenvalue weighted by atomic mass is 9.88. The van der Waals surface area contributed by atoms with E-state index in [1.165, 1.54) is 0 Å². The molecule has 0 aromatic carbocycles. The monoisotopic (exact) mass is 258 g/mol. The van der Waals surface area contributed by atoms with Crippen LogP contribution in [-0.4, -0.2) is 31.2 Å². The van der Waals surface area contributed by atoms with Crippen molar-refractivity contribution in [1.29, 1.82) is 0 Å². The van der Waals surface area contributed by atoms with E-state index in [-0.39, 0.29) is 12.0 Å². The first-order valence-corrected chi connectivity index (χ1v) is 5.96. The van der Waals surface area contributed by atoms with Crippen LogP contribution in [0.4, 0.5) is 14.6 Å². The summed E-state index contributed by atoms with van der Waals surface area (Å²) in [5.41, 5.74) is 1.23. The van der Waals surface area contributed by atoms with Crippen molar-refractivity contribution < 1.29 is 13.5 Å². The van der Waals surface area contributed by atoms with E-state index in [1.54, 1.807) is 0 Å². The van der Waals surface area contributed by atoms with Gasteiger partial charge in [0, 0.05) is 12.7 Å².